The van der Waals surface area contributed by atoms with Gasteiger partial charge in [0.2, 0.25) is 5.28 Å². The number of aromatic nitrogens is 3. The second-order valence-corrected chi connectivity index (χ2v) is 4.18. The Bertz CT molecular complexity index is 301. The SMILES string of the molecule is CCCc1nnc(Cl)n1CCCCCOC. The molecule has 0 aliphatic heterocycles. The van der Waals surface area contributed by atoms with E-state index in [1.54, 1.807) is 7.11 Å². The van der Waals surface area contributed by atoms with Crippen molar-refractivity contribution in [1.82, 2.24) is 14.8 Å². The van der Waals surface area contributed by atoms with Gasteiger partial charge in [-0.15, -0.1) is 10.2 Å². The molecule has 0 atom stereocenters. The summed E-state index contributed by atoms with van der Waals surface area (Å²) >= 11 is 5.99. The maximum absolute atomic E-state index is 5.99. The molecule has 1 heterocycles. The van der Waals surface area contributed by atoms with Crippen molar-refractivity contribution in [3.05, 3.63) is 11.1 Å². The average Bonchev–Trinajstić information content (AvgIpc) is 2.61. The molecule has 1 aromatic heterocycles. The van der Waals surface area contributed by atoms with Gasteiger partial charge in [-0.1, -0.05) is 6.92 Å². The first-order valence-electron chi connectivity index (χ1n) is 5.86. The smallest absolute Gasteiger partial charge is 0.225 e. The standard InChI is InChI=1S/C11H20ClN3O/c1-3-7-10-13-14-11(12)15(10)8-5-4-6-9-16-2/h3-9H2,1-2H3. The second-order valence-electron chi connectivity index (χ2n) is 3.84. The molecule has 16 heavy (non-hydrogen) atoms. The summed E-state index contributed by atoms with van der Waals surface area (Å²) in [5.41, 5.74) is 0. The summed E-state index contributed by atoms with van der Waals surface area (Å²) in [6.45, 7) is 3.87. The fraction of sp³-hybridized carbons (Fsp3) is 0.818. The average molecular weight is 246 g/mol. The zero-order chi connectivity index (χ0) is 11.8. The molecule has 1 aromatic rings. The molecule has 5 heteroatoms. The van der Waals surface area contributed by atoms with Gasteiger partial charge in [0.25, 0.3) is 0 Å². The Balaban J connectivity index is 2.36. The Morgan fingerprint density at radius 1 is 1.25 bits per heavy atom. The minimum absolute atomic E-state index is 0.509. The number of methoxy groups -OCH3 is 1. The monoisotopic (exact) mass is 245 g/mol. The molecule has 0 saturated carbocycles. The van der Waals surface area contributed by atoms with E-state index in [0.717, 1.165) is 51.1 Å². The van der Waals surface area contributed by atoms with Gasteiger partial charge in [0.1, 0.15) is 5.82 Å². The van der Waals surface area contributed by atoms with Gasteiger partial charge >= 0.3 is 0 Å². The van der Waals surface area contributed by atoms with Crippen LogP contribution in [0.4, 0.5) is 0 Å². The molecule has 1 rings (SSSR count). The fourth-order valence-electron chi connectivity index (χ4n) is 1.64. The van der Waals surface area contributed by atoms with Gasteiger partial charge in [-0.3, -0.25) is 0 Å². The van der Waals surface area contributed by atoms with Crippen molar-refractivity contribution >= 4 is 11.6 Å². The predicted molar refractivity (Wildman–Crippen MR) is 64.8 cm³/mol. The van der Waals surface area contributed by atoms with E-state index >= 15 is 0 Å². The maximum Gasteiger partial charge on any atom is 0.225 e. The molecule has 0 radical (unpaired) electrons. The minimum Gasteiger partial charge on any atom is -0.385 e. The molecule has 92 valence electrons. The van der Waals surface area contributed by atoms with E-state index < -0.39 is 0 Å². The van der Waals surface area contributed by atoms with E-state index in [0.29, 0.717) is 5.28 Å². The number of ether oxygens (including phenoxy) is 1. The summed E-state index contributed by atoms with van der Waals surface area (Å²) in [4.78, 5) is 0. The third kappa shape index (κ3) is 4.10. The van der Waals surface area contributed by atoms with Crippen LogP contribution in [-0.2, 0) is 17.7 Å². The summed E-state index contributed by atoms with van der Waals surface area (Å²) in [5, 5.41) is 8.49. The molecule has 0 aliphatic rings. The first-order chi connectivity index (χ1) is 7.79. The number of rotatable bonds is 8. The molecule has 0 fully saturated rings. The van der Waals surface area contributed by atoms with E-state index in [9.17, 15) is 0 Å². The lowest BCUT2D eigenvalue weighted by Crippen LogP contribution is -2.04. The van der Waals surface area contributed by atoms with Crippen molar-refractivity contribution in [3.8, 4) is 0 Å². The Morgan fingerprint density at radius 2 is 2.06 bits per heavy atom. The van der Waals surface area contributed by atoms with Crippen LogP contribution in [0.15, 0.2) is 0 Å². The predicted octanol–water partition coefficient (Wildman–Crippen LogP) is 2.70. The first kappa shape index (κ1) is 13.5. The van der Waals surface area contributed by atoms with Crippen molar-refractivity contribution in [3.63, 3.8) is 0 Å². The normalized spacial score (nSPS) is 10.9. The van der Waals surface area contributed by atoms with Crippen molar-refractivity contribution in [1.29, 1.82) is 0 Å². The second kappa shape index (κ2) is 7.63. The van der Waals surface area contributed by atoms with Gasteiger partial charge in [-0.05, 0) is 37.3 Å². The van der Waals surface area contributed by atoms with Crippen LogP contribution in [0.3, 0.4) is 0 Å². The van der Waals surface area contributed by atoms with Crippen molar-refractivity contribution in [2.45, 2.75) is 45.6 Å². The van der Waals surface area contributed by atoms with Crippen LogP contribution in [-0.4, -0.2) is 28.5 Å². The van der Waals surface area contributed by atoms with Crippen LogP contribution < -0.4 is 0 Å². The molecule has 4 nitrogen and oxygen atoms in total. The lowest BCUT2D eigenvalue weighted by molar-refractivity contribution is 0.191. The zero-order valence-corrected chi connectivity index (χ0v) is 10.8. The highest BCUT2D eigenvalue weighted by Gasteiger charge is 2.08. The van der Waals surface area contributed by atoms with Crippen molar-refractivity contribution < 1.29 is 4.74 Å². The van der Waals surface area contributed by atoms with Gasteiger partial charge in [-0.25, -0.2) is 0 Å². The molecule has 0 spiro atoms. The summed E-state index contributed by atoms with van der Waals surface area (Å²) in [6.07, 6.45) is 5.35. The first-order valence-corrected chi connectivity index (χ1v) is 6.24. The number of hydrogen-bond acceptors (Lipinski definition) is 3. The van der Waals surface area contributed by atoms with E-state index in [1.165, 1.54) is 0 Å². The van der Waals surface area contributed by atoms with Crippen LogP contribution in [0.2, 0.25) is 5.28 Å². The fourth-order valence-corrected chi connectivity index (χ4v) is 1.86. The number of hydrogen-bond donors (Lipinski definition) is 0. The molecular weight excluding hydrogens is 226 g/mol. The third-order valence-corrected chi connectivity index (χ3v) is 2.77. The molecule has 0 aromatic carbocycles. The van der Waals surface area contributed by atoms with Gasteiger partial charge < -0.3 is 9.30 Å². The van der Waals surface area contributed by atoms with Crippen LogP contribution in [0.5, 0.6) is 0 Å². The van der Waals surface area contributed by atoms with Gasteiger partial charge in [-0.2, -0.15) is 0 Å². The summed E-state index contributed by atoms with van der Waals surface area (Å²) in [5.74, 6) is 0.999. The number of nitrogens with zero attached hydrogens (tertiary/aromatic N) is 3. The van der Waals surface area contributed by atoms with Crippen molar-refractivity contribution in [2.24, 2.45) is 0 Å². The largest absolute Gasteiger partial charge is 0.385 e. The van der Waals surface area contributed by atoms with E-state index in [1.807, 2.05) is 4.57 Å². The van der Waals surface area contributed by atoms with E-state index in [4.69, 9.17) is 16.3 Å². The lowest BCUT2D eigenvalue weighted by atomic mass is 10.2. The van der Waals surface area contributed by atoms with Crippen LogP contribution in [0.1, 0.15) is 38.4 Å². The highest BCUT2D eigenvalue weighted by Crippen LogP contribution is 2.12. The highest BCUT2D eigenvalue weighted by molar-refractivity contribution is 6.28. The van der Waals surface area contributed by atoms with E-state index in [2.05, 4.69) is 17.1 Å². The van der Waals surface area contributed by atoms with Crippen LogP contribution in [0.25, 0.3) is 0 Å². The van der Waals surface area contributed by atoms with Gasteiger partial charge in [0.15, 0.2) is 0 Å². The Morgan fingerprint density at radius 3 is 2.75 bits per heavy atom. The summed E-state index contributed by atoms with van der Waals surface area (Å²) < 4.78 is 7.02. The van der Waals surface area contributed by atoms with E-state index in [-0.39, 0.29) is 0 Å². The zero-order valence-electron chi connectivity index (χ0n) is 10.1. The molecular formula is C11H20ClN3O. The van der Waals surface area contributed by atoms with Crippen LogP contribution >= 0.6 is 11.6 Å². The van der Waals surface area contributed by atoms with Gasteiger partial charge in [0.05, 0.1) is 0 Å². The van der Waals surface area contributed by atoms with Gasteiger partial charge in [0, 0.05) is 26.7 Å². The van der Waals surface area contributed by atoms with Crippen LogP contribution in [0, 0.1) is 0 Å². The topological polar surface area (TPSA) is 39.9 Å². The Labute approximate surface area is 102 Å². The number of aryl methyl sites for hydroxylation is 1. The summed E-state index contributed by atoms with van der Waals surface area (Å²) in [6, 6.07) is 0. The third-order valence-electron chi connectivity index (χ3n) is 2.49. The molecule has 0 unspecified atom stereocenters. The molecule has 0 aliphatic carbocycles. The maximum atomic E-state index is 5.99. The number of unbranched alkanes of at least 4 members (excludes halogenated alkanes) is 2. The molecule has 0 N–H and O–H groups in total. The quantitative estimate of drug-likeness (QED) is 0.661. The molecule has 0 bridgehead atoms. The Hall–Kier alpha value is -0.610. The lowest BCUT2D eigenvalue weighted by Gasteiger charge is -2.06. The Kier molecular flexibility index (Phi) is 6.42. The molecule has 0 saturated heterocycles. The minimum atomic E-state index is 0.509. The summed E-state index contributed by atoms with van der Waals surface area (Å²) in [7, 11) is 1.73. The molecule has 0 amide bonds. The van der Waals surface area contributed by atoms with Crippen molar-refractivity contribution in [2.75, 3.05) is 13.7 Å². The number of halogens is 1. The highest BCUT2D eigenvalue weighted by atomic mass is 35.5.